The molecule has 19 heavy (non-hydrogen) atoms. The van der Waals surface area contributed by atoms with Gasteiger partial charge in [-0.25, -0.2) is 8.78 Å². The molecule has 2 rings (SSSR count). The molecule has 0 spiro atoms. The van der Waals surface area contributed by atoms with E-state index in [2.05, 4.69) is 5.32 Å². The van der Waals surface area contributed by atoms with Crippen molar-refractivity contribution in [1.29, 1.82) is 0 Å². The van der Waals surface area contributed by atoms with E-state index in [9.17, 15) is 8.78 Å². The fourth-order valence-electron chi connectivity index (χ4n) is 1.75. The summed E-state index contributed by atoms with van der Waals surface area (Å²) in [7, 11) is 0. The van der Waals surface area contributed by atoms with Gasteiger partial charge in [0.1, 0.15) is 5.82 Å². The molecule has 1 aliphatic carbocycles. The highest BCUT2D eigenvalue weighted by Gasteiger charge is 2.24. The van der Waals surface area contributed by atoms with E-state index >= 15 is 0 Å². The van der Waals surface area contributed by atoms with Crippen LogP contribution < -0.4 is 10.1 Å². The normalized spacial score (nSPS) is 15.6. The van der Waals surface area contributed by atoms with Crippen LogP contribution in [0.25, 0.3) is 0 Å². The Labute approximate surface area is 113 Å². The average molecular weight is 269 g/mol. The Bertz CT molecular complexity index is 450. The molecule has 1 N–H and O–H groups in total. The van der Waals surface area contributed by atoms with Crippen LogP contribution in [0.5, 0.6) is 5.75 Å². The summed E-state index contributed by atoms with van der Waals surface area (Å²) >= 11 is 0. The lowest BCUT2D eigenvalue weighted by Gasteiger charge is -2.22. The van der Waals surface area contributed by atoms with Crippen LogP contribution in [0, 0.1) is 17.6 Å². The third kappa shape index (κ3) is 4.46. The molecule has 0 radical (unpaired) electrons. The van der Waals surface area contributed by atoms with Gasteiger partial charge < -0.3 is 10.1 Å². The Hall–Kier alpha value is -1.16. The molecule has 1 aromatic rings. The second-order valence-electron chi connectivity index (χ2n) is 6.23. The Morgan fingerprint density at radius 1 is 1.26 bits per heavy atom. The Kier molecular flexibility index (Phi) is 4.09. The number of nitrogens with one attached hydrogen (secondary N) is 1. The van der Waals surface area contributed by atoms with Gasteiger partial charge in [-0.2, -0.15) is 0 Å². The van der Waals surface area contributed by atoms with E-state index in [4.69, 9.17) is 4.74 Å². The average Bonchev–Trinajstić information content (AvgIpc) is 3.07. The smallest absolute Gasteiger partial charge is 0.168 e. The van der Waals surface area contributed by atoms with Crippen molar-refractivity contribution in [3.05, 3.63) is 29.3 Å². The zero-order valence-electron chi connectivity index (χ0n) is 11.7. The first-order valence-corrected chi connectivity index (χ1v) is 6.71. The van der Waals surface area contributed by atoms with Crippen molar-refractivity contribution < 1.29 is 13.5 Å². The molecule has 0 saturated heterocycles. The van der Waals surface area contributed by atoms with Crippen molar-refractivity contribution in [2.45, 2.75) is 45.7 Å². The summed E-state index contributed by atoms with van der Waals surface area (Å²) < 4.78 is 32.7. The molecule has 4 heteroatoms. The summed E-state index contributed by atoms with van der Waals surface area (Å²) in [4.78, 5) is 0. The summed E-state index contributed by atoms with van der Waals surface area (Å²) in [5.41, 5.74) is 0.421. The predicted molar refractivity (Wildman–Crippen MR) is 71.2 cm³/mol. The Balaban J connectivity index is 2.12. The van der Waals surface area contributed by atoms with Gasteiger partial charge in [-0.15, -0.1) is 0 Å². The van der Waals surface area contributed by atoms with Crippen molar-refractivity contribution in [3.63, 3.8) is 0 Å². The Morgan fingerprint density at radius 3 is 2.53 bits per heavy atom. The maximum Gasteiger partial charge on any atom is 0.168 e. The monoisotopic (exact) mass is 269 g/mol. The maximum absolute atomic E-state index is 13.8. The molecule has 0 atom stereocenters. The lowest BCUT2D eigenvalue weighted by Crippen LogP contribution is -2.35. The van der Waals surface area contributed by atoms with Crippen molar-refractivity contribution in [3.8, 4) is 5.75 Å². The first-order chi connectivity index (χ1) is 8.85. The van der Waals surface area contributed by atoms with Crippen LogP contribution in [0.1, 0.15) is 39.2 Å². The number of benzene rings is 1. The van der Waals surface area contributed by atoms with Gasteiger partial charge in [-0.1, -0.05) is 0 Å². The number of rotatable bonds is 5. The molecule has 0 aromatic heterocycles. The molecule has 106 valence electrons. The largest absolute Gasteiger partial charge is 0.490 e. The van der Waals surface area contributed by atoms with E-state index in [1.165, 1.54) is 6.07 Å². The lowest BCUT2D eigenvalue weighted by atomic mass is 10.1. The molecule has 0 amide bonds. The van der Waals surface area contributed by atoms with Crippen molar-refractivity contribution in [2.24, 2.45) is 5.92 Å². The predicted octanol–water partition coefficient (Wildman–Crippen LogP) is 3.64. The van der Waals surface area contributed by atoms with Gasteiger partial charge in [0, 0.05) is 23.7 Å². The summed E-state index contributed by atoms with van der Waals surface area (Å²) in [6.45, 7) is 6.93. The molecule has 1 aliphatic rings. The fraction of sp³-hybridized carbons (Fsp3) is 0.600. The molecule has 1 aromatic carbocycles. The first kappa shape index (κ1) is 14.3. The molecule has 0 aliphatic heterocycles. The van der Waals surface area contributed by atoms with Crippen LogP contribution in [-0.4, -0.2) is 12.1 Å². The van der Waals surface area contributed by atoms with E-state index < -0.39 is 11.6 Å². The van der Waals surface area contributed by atoms with E-state index in [1.54, 1.807) is 0 Å². The molecule has 0 heterocycles. The van der Waals surface area contributed by atoms with Gasteiger partial charge >= 0.3 is 0 Å². The number of ether oxygens (including phenoxy) is 1. The molecule has 0 bridgehead atoms. The SMILES string of the molecule is CC(C)(C)NCc1cc(F)cc(F)c1OCC1CC1. The summed E-state index contributed by atoms with van der Waals surface area (Å²) in [6, 6.07) is 2.22. The van der Waals surface area contributed by atoms with Crippen LogP contribution in [-0.2, 0) is 6.54 Å². The quantitative estimate of drug-likeness (QED) is 0.881. The molecular weight excluding hydrogens is 248 g/mol. The number of hydrogen-bond donors (Lipinski definition) is 1. The van der Waals surface area contributed by atoms with Gasteiger partial charge in [-0.05, 0) is 45.6 Å². The van der Waals surface area contributed by atoms with Crippen LogP contribution in [0.15, 0.2) is 12.1 Å². The van der Waals surface area contributed by atoms with Crippen LogP contribution in [0.4, 0.5) is 8.78 Å². The molecular formula is C15H21F2NO. The minimum atomic E-state index is -0.619. The highest BCUT2D eigenvalue weighted by Crippen LogP contribution is 2.32. The second kappa shape index (κ2) is 5.45. The van der Waals surface area contributed by atoms with Gasteiger partial charge in [0.25, 0.3) is 0 Å². The fourth-order valence-corrected chi connectivity index (χ4v) is 1.75. The van der Waals surface area contributed by atoms with Crippen molar-refractivity contribution in [2.75, 3.05) is 6.61 Å². The topological polar surface area (TPSA) is 21.3 Å². The van der Waals surface area contributed by atoms with Gasteiger partial charge in [-0.3, -0.25) is 0 Å². The van der Waals surface area contributed by atoms with Crippen LogP contribution in [0.3, 0.4) is 0 Å². The van der Waals surface area contributed by atoms with E-state index in [0.29, 0.717) is 24.6 Å². The van der Waals surface area contributed by atoms with E-state index in [1.807, 2.05) is 20.8 Å². The highest BCUT2D eigenvalue weighted by atomic mass is 19.1. The molecule has 0 unspecified atom stereocenters. The molecule has 2 nitrogen and oxygen atoms in total. The van der Waals surface area contributed by atoms with Crippen LogP contribution in [0.2, 0.25) is 0 Å². The third-order valence-corrected chi connectivity index (χ3v) is 3.05. The lowest BCUT2D eigenvalue weighted by molar-refractivity contribution is 0.279. The number of hydrogen-bond acceptors (Lipinski definition) is 2. The van der Waals surface area contributed by atoms with Gasteiger partial charge in [0.2, 0.25) is 0 Å². The second-order valence-corrected chi connectivity index (χ2v) is 6.23. The zero-order valence-corrected chi connectivity index (χ0v) is 11.7. The minimum Gasteiger partial charge on any atom is -0.490 e. The minimum absolute atomic E-state index is 0.115. The van der Waals surface area contributed by atoms with Gasteiger partial charge in [0.05, 0.1) is 6.61 Å². The third-order valence-electron chi connectivity index (χ3n) is 3.05. The van der Waals surface area contributed by atoms with Gasteiger partial charge in [0.15, 0.2) is 11.6 Å². The van der Waals surface area contributed by atoms with E-state index in [-0.39, 0.29) is 11.3 Å². The van der Waals surface area contributed by atoms with Crippen LogP contribution >= 0.6 is 0 Å². The first-order valence-electron chi connectivity index (χ1n) is 6.71. The summed E-state index contributed by atoms with van der Waals surface area (Å²) in [5.74, 6) is -0.466. The Morgan fingerprint density at radius 2 is 1.95 bits per heavy atom. The summed E-state index contributed by atoms with van der Waals surface area (Å²) in [6.07, 6.45) is 2.27. The zero-order chi connectivity index (χ0) is 14.0. The number of halogens is 2. The molecule has 1 saturated carbocycles. The standard InChI is InChI=1S/C15H21F2NO/c1-15(2,3)18-8-11-6-12(16)7-13(17)14(11)19-9-10-4-5-10/h6-7,10,18H,4-5,8-9H2,1-3H3. The highest BCUT2D eigenvalue weighted by molar-refractivity contribution is 5.35. The van der Waals surface area contributed by atoms with Crippen molar-refractivity contribution >= 4 is 0 Å². The maximum atomic E-state index is 13.8. The molecule has 1 fully saturated rings. The van der Waals surface area contributed by atoms with Crippen molar-refractivity contribution in [1.82, 2.24) is 5.32 Å². The van der Waals surface area contributed by atoms with E-state index in [0.717, 1.165) is 18.9 Å². The summed E-state index contributed by atoms with van der Waals surface area (Å²) in [5, 5.41) is 3.22.